The van der Waals surface area contributed by atoms with Crippen LogP contribution >= 0.6 is 0 Å². The lowest BCUT2D eigenvalue weighted by Crippen LogP contribution is -2.36. The summed E-state index contributed by atoms with van der Waals surface area (Å²) in [6.45, 7) is 2.36. The van der Waals surface area contributed by atoms with Crippen LogP contribution in [-0.2, 0) is 0 Å². The van der Waals surface area contributed by atoms with Gasteiger partial charge in [0.2, 0.25) is 0 Å². The fourth-order valence-electron chi connectivity index (χ4n) is 3.43. The molecule has 2 atom stereocenters. The number of fused-ring (bicyclic) bond motifs is 1. The SMILES string of the molecule is CC1CCC(C2CC(N)c3ccccc3O2)CC1. The van der Waals surface area contributed by atoms with E-state index in [2.05, 4.69) is 19.1 Å². The van der Waals surface area contributed by atoms with Crippen LogP contribution in [0.4, 0.5) is 0 Å². The molecule has 0 amide bonds. The van der Waals surface area contributed by atoms with Gasteiger partial charge in [-0.1, -0.05) is 38.0 Å². The maximum absolute atomic E-state index is 6.29. The van der Waals surface area contributed by atoms with Crippen molar-refractivity contribution in [3.63, 3.8) is 0 Å². The molecule has 1 heterocycles. The molecule has 3 rings (SSSR count). The van der Waals surface area contributed by atoms with E-state index in [1.54, 1.807) is 0 Å². The molecule has 0 radical (unpaired) electrons. The van der Waals surface area contributed by atoms with Gasteiger partial charge >= 0.3 is 0 Å². The predicted octanol–water partition coefficient (Wildman–Crippen LogP) is 3.66. The summed E-state index contributed by atoms with van der Waals surface area (Å²) in [5, 5.41) is 0. The van der Waals surface area contributed by atoms with E-state index < -0.39 is 0 Å². The average Bonchev–Trinajstić information content (AvgIpc) is 2.39. The first-order chi connectivity index (χ1) is 8.74. The van der Waals surface area contributed by atoms with E-state index >= 15 is 0 Å². The van der Waals surface area contributed by atoms with Gasteiger partial charge in [0.25, 0.3) is 0 Å². The molecule has 2 N–H and O–H groups in total. The molecular weight excluding hydrogens is 222 g/mol. The van der Waals surface area contributed by atoms with Gasteiger partial charge in [0.05, 0.1) is 0 Å². The molecule has 0 spiro atoms. The van der Waals surface area contributed by atoms with Gasteiger partial charge in [-0.05, 0) is 30.7 Å². The molecule has 1 aliphatic carbocycles. The van der Waals surface area contributed by atoms with Crippen LogP contribution in [0.15, 0.2) is 24.3 Å². The van der Waals surface area contributed by atoms with Crippen LogP contribution in [0, 0.1) is 11.8 Å². The number of para-hydroxylation sites is 1. The summed E-state index contributed by atoms with van der Waals surface area (Å²) in [6.07, 6.45) is 6.63. The minimum Gasteiger partial charge on any atom is -0.490 e. The summed E-state index contributed by atoms with van der Waals surface area (Å²) in [7, 11) is 0. The Morgan fingerprint density at radius 3 is 2.61 bits per heavy atom. The maximum Gasteiger partial charge on any atom is 0.124 e. The minimum absolute atomic E-state index is 0.152. The first kappa shape index (κ1) is 12.0. The van der Waals surface area contributed by atoms with Crippen molar-refractivity contribution in [3.8, 4) is 5.75 Å². The topological polar surface area (TPSA) is 35.2 Å². The second-order valence-electron chi connectivity index (χ2n) is 6.06. The first-order valence-corrected chi connectivity index (χ1v) is 7.25. The number of hydrogen-bond acceptors (Lipinski definition) is 2. The minimum atomic E-state index is 0.152. The molecule has 18 heavy (non-hydrogen) atoms. The third-order valence-corrected chi connectivity index (χ3v) is 4.67. The van der Waals surface area contributed by atoms with Crippen LogP contribution in [0.25, 0.3) is 0 Å². The Hall–Kier alpha value is -1.02. The summed E-state index contributed by atoms with van der Waals surface area (Å²) < 4.78 is 6.20. The summed E-state index contributed by atoms with van der Waals surface area (Å²) in [4.78, 5) is 0. The van der Waals surface area contributed by atoms with E-state index in [4.69, 9.17) is 10.5 Å². The first-order valence-electron chi connectivity index (χ1n) is 7.25. The van der Waals surface area contributed by atoms with Crippen molar-refractivity contribution in [2.24, 2.45) is 17.6 Å². The monoisotopic (exact) mass is 245 g/mol. The van der Waals surface area contributed by atoms with Crippen molar-refractivity contribution in [3.05, 3.63) is 29.8 Å². The highest BCUT2D eigenvalue weighted by Crippen LogP contribution is 2.40. The lowest BCUT2D eigenvalue weighted by Gasteiger charge is -2.38. The molecule has 0 bridgehead atoms. The Labute approximate surface area is 110 Å². The van der Waals surface area contributed by atoms with Gasteiger partial charge < -0.3 is 10.5 Å². The van der Waals surface area contributed by atoms with E-state index in [1.807, 2.05) is 12.1 Å². The maximum atomic E-state index is 6.29. The highest BCUT2D eigenvalue weighted by Gasteiger charge is 2.33. The van der Waals surface area contributed by atoms with Gasteiger partial charge in [-0.15, -0.1) is 0 Å². The van der Waals surface area contributed by atoms with Gasteiger partial charge in [0.15, 0.2) is 0 Å². The standard InChI is InChI=1S/C16H23NO/c1-11-6-8-12(9-7-11)16-10-14(17)13-4-2-3-5-15(13)18-16/h2-5,11-12,14,16H,6-10,17H2,1H3. The molecule has 1 aromatic rings. The van der Waals surface area contributed by atoms with Crippen molar-refractivity contribution in [2.45, 2.75) is 51.2 Å². The van der Waals surface area contributed by atoms with E-state index in [-0.39, 0.29) is 6.04 Å². The Balaban J connectivity index is 1.73. The van der Waals surface area contributed by atoms with Gasteiger partial charge in [0.1, 0.15) is 11.9 Å². The van der Waals surface area contributed by atoms with Crippen molar-refractivity contribution in [2.75, 3.05) is 0 Å². The number of rotatable bonds is 1. The second-order valence-corrected chi connectivity index (χ2v) is 6.06. The second kappa shape index (κ2) is 4.93. The molecule has 1 aromatic carbocycles. The average molecular weight is 245 g/mol. The molecule has 1 fully saturated rings. The molecular formula is C16H23NO. The smallest absolute Gasteiger partial charge is 0.124 e. The molecule has 2 unspecified atom stereocenters. The Bertz CT molecular complexity index is 409. The molecule has 2 aliphatic rings. The van der Waals surface area contributed by atoms with Crippen LogP contribution in [0.1, 0.15) is 50.6 Å². The largest absolute Gasteiger partial charge is 0.490 e. The number of hydrogen-bond donors (Lipinski definition) is 1. The van der Waals surface area contributed by atoms with Gasteiger partial charge in [-0.2, -0.15) is 0 Å². The lowest BCUT2D eigenvalue weighted by molar-refractivity contribution is 0.0703. The summed E-state index contributed by atoms with van der Waals surface area (Å²) in [6, 6.07) is 8.40. The summed E-state index contributed by atoms with van der Waals surface area (Å²) in [5.41, 5.74) is 7.47. The summed E-state index contributed by atoms with van der Waals surface area (Å²) >= 11 is 0. The number of nitrogens with two attached hydrogens (primary N) is 1. The van der Waals surface area contributed by atoms with Crippen molar-refractivity contribution in [1.29, 1.82) is 0 Å². The predicted molar refractivity (Wildman–Crippen MR) is 73.5 cm³/mol. The summed E-state index contributed by atoms with van der Waals surface area (Å²) in [5.74, 6) is 2.62. The third kappa shape index (κ3) is 2.26. The normalized spacial score (nSPS) is 35.7. The fourth-order valence-corrected chi connectivity index (χ4v) is 3.43. The molecule has 1 saturated carbocycles. The lowest BCUT2D eigenvalue weighted by atomic mass is 9.77. The van der Waals surface area contributed by atoms with E-state index in [1.165, 1.54) is 31.2 Å². The molecule has 2 heteroatoms. The van der Waals surface area contributed by atoms with Crippen molar-refractivity contribution in [1.82, 2.24) is 0 Å². The zero-order chi connectivity index (χ0) is 12.5. The van der Waals surface area contributed by atoms with Crippen LogP contribution in [0.2, 0.25) is 0 Å². The zero-order valence-electron chi connectivity index (χ0n) is 11.1. The van der Waals surface area contributed by atoms with Crippen LogP contribution in [0.3, 0.4) is 0 Å². The van der Waals surface area contributed by atoms with Crippen LogP contribution in [0.5, 0.6) is 5.75 Å². The fraction of sp³-hybridized carbons (Fsp3) is 0.625. The molecule has 1 aliphatic heterocycles. The highest BCUT2D eigenvalue weighted by molar-refractivity contribution is 5.37. The molecule has 0 saturated heterocycles. The molecule has 2 nitrogen and oxygen atoms in total. The van der Waals surface area contributed by atoms with Crippen LogP contribution < -0.4 is 10.5 Å². The van der Waals surface area contributed by atoms with Gasteiger partial charge in [0, 0.05) is 18.0 Å². The Kier molecular flexibility index (Phi) is 3.29. The molecule has 0 aromatic heterocycles. The van der Waals surface area contributed by atoms with E-state index in [0.717, 1.165) is 18.1 Å². The molecule has 98 valence electrons. The zero-order valence-corrected chi connectivity index (χ0v) is 11.1. The van der Waals surface area contributed by atoms with Crippen LogP contribution in [-0.4, -0.2) is 6.10 Å². The highest BCUT2D eigenvalue weighted by atomic mass is 16.5. The van der Waals surface area contributed by atoms with Crippen molar-refractivity contribution < 1.29 is 4.74 Å². The van der Waals surface area contributed by atoms with E-state index in [0.29, 0.717) is 12.0 Å². The Morgan fingerprint density at radius 1 is 1.11 bits per heavy atom. The van der Waals surface area contributed by atoms with E-state index in [9.17, 15) is 0 Å². The quantitative estimate of drug-likeness (QED) is 0.819. The number of ether oxygens (including phenoxy) is 1. The third-order valence-electron chi connectivity index (χ3n) is 4.67. The van der Waals surface area contributed by atoms with Gasteiger partial charge in [-0.3, -0.25) is 0 Å². The number of benzene rings is 1. The van der Waals surface area contributed by atoms with Gasteiger partial charge in [-0.25, -0.2) is 0 Å². The Morgan fingerprint density at radius 2 is 1.83 bits per heavy atom. The van der Waals surface area contributed by atoms with Crippen molar-refractivity contribution >= 4 is 0 Å².